The largest absolute Gasteiger partial charge is 0.369 e. The number of pyridine rings is 1. The van der Waals surface area contributed by atoms with Gasteiger partial charge in [0, 0.05) is 25.5 Å². The van der Waals surface area contributed by atoms with Crippen molar-refractivity contribution >= 4 is 5.91 Å². The fourth-order valence-electron chi connectivity index (χ4n) is 1.95. The lowest BCUT2D eigenvalue weighted by atomic mass is 10.1. The molecule has 80 valence electrons. The number of hydrogen-bond donors (Lipinski definition) is 1. The van der Waals surface area contributed by atoms with Crippen molar-refractivity contribution in [3.8, 4) is 0 Å². The molecule has 15 heavy (non-hydrogen) atoms. The Morgan fingerprint density at radius 3 is 2.87 bits per heavy atom. The average molecular weight is 205 g/mol. The normalized spacial score (nSPS) is 21.7. The molecule has 0 aromatic carbocycles. The second-order valence-electron chi connectivity index (χ2n) is 3.98. The van der Waals surface area contributed by atoms with Gasteiger partial charge in [-0.25, -0.2) is 0 Å². The number of aromatic nitrogens is 1. The van der Waals surface area contributed by atoms with Crippen LogP contribution < -0.4 is 5.73 Å². The van der Waals surface area contributed by atoms with E-state index >= 15 is 0 Å². The molecule has 1 amide bonds. The fourth-order valence-corrected chi connectivity index (χ4v) is 1.95. The van der Waals surface area contributed by atoms with E-state index in [9.17, 15) is 4.79 Å². The van der Waals surface area contributed by atoms with Crippen LogP contribution in [-0.4, -0.2) is 28.9 Å². The molecule has 0 aliphatic carbocycles. The van der Waals surface area contributed by atoms with E-state index in [0.717, 1.165) is 26.1 Å². The van der Waals surface area contributed by atoms with Crippen molar-refractivity contribution in [2.75, 3.05) is 13.1 Å². The second kappa shape index (κ2) is 4.40. The van der Waals surface area contributed by atoms with Crippen molar-refractivity contribution in [1.82, 2.24) is 9.88 Å². The molecule has 1 aromatic heterocycles. The van der Waals surface area contributed by atoms with Gasteiger partial charge in [-0.2, -0.15) is 0 Å². The first kappa shape index (κ1) is 10.1. The van der Waals surface area contributed by atoms with E-state index in [1.165, 1.54) is 5.56 Å². The standard InChI is InChI=1S/C11H15N3O/c12-11(15)10-3-6-14(8-10)7-9-1-4-13-5-2-9/h1-2,4-5,10H,3,6-8H2,(H2,12,15). The molecule has 0 bridgehead atoms. The number of carbonyl (C=O) groups is 1. The van der Waals surface area contributed by atoms with Crippen LogP contribution in [0.2, 0.25) is 0 Å². The van der Waals surface area contributed by atoms with Crippen LogP contribution in [0.15, 0.2) is 24.5 Å². The maximum atomic E-state index is 11.0. The van der Waals surface area contributed by atoms with E-state index < -0.39 is 0 Å². The quantitative estimate of drug-likeness (QED) is 0.776. The maximum absolute atomic E-state index is 11.0. The van der Waals surface area contributed by atoms with Crippen LogP contribution in [0, 0.1) is 5.92 Å². The molecule has 0 radical (unpaired) electrons. The highest BCUT2D eigenvalue weighted by Gasteiger charge is 2.26. The minimum atomic E-state index is -0.174. The fraction of sp³-hybridized carbons (Fsp3) is 0.455. The summed E-state index contributed by atoms with van der Waals surface area (Å²) < 4.78 is 0. The summed E-state index contributed by atoms with van der Waals surface area (Å²) in [5.74, 6) is -0.140. The first-order valence-corrected chi connectivity index (χ1v) is 5.16. The number of likely N-dealkylation sites (tertiary alicyclic amines) is 1. The lowest BCUT2D eigenvalue weighted by Crippen LogP contribution is -2.27. The lowest BCUT2D eigenvalue weighted by Gasteiger charge is -2.14. The molecule has 1 aliphatic heterocycles. The summed E-state index contributed by atoms with van der Waals surface area (Å²) in [6, 6.07) is 4.00. The Hall–Kier alpha value is -1.42. The summed E-state index contributed by atoms with van der Waals surface area (Å²) >= 11 is 0. The van der Waals surface area contributed by atoms with Crippen molar-refractivity contribution in [2.24, 2.45) is 11.7 Å². The first-order chi connectivity index (χ1) is 7.25. The van der Waals surface area contributed by atoms with Crippen molar-refractivity contribution in [3.63, 3.8) is 0 Å². The molecule has 2 N–H and O–H groups in total. The monoisotopic (exact) mass is 205 g/mol. The third-order valence-electron chi connectivity index (χ3n) is 2.83. The van der Waals surface area contributed by atoms with Crippen LogP contribution in [0.4, 0.5) is 0 Å². The number of amides is 1. The highest BCUT2D eigenvalue weighted by atomic mass is 16.1. The van der Waals surface area contributed by atoms with Crippen LogP contribution in [0.5, 0.6) is 0 Å². The van der Waals surface area contributed by atoms with Gasteiger partial charge in [-0.15, -0.1) is 0 Å². The zero-order valence-corrected chi connectivity index (χ0v) is 8.60. The zero-order valence-electron chi connectivity index (χ0n) is 8.60. The number of nitrogens with two attached hydrogens (primary N) is 1. The highest BCUT2D eigenvalue weighted by molar-refractivity contribution is 5.77. The van der Waals surface area contributed by atoms with Gasteiger partial charge >= 0.3 is 0 Å². The van der Waals surface area contributed by atoms with Gasteiger partial charge in [0.25, 0.3) is 0 Å². The third-order valence-corrected chi connectivity index (χ3v) is 2.83. The maximum Gasteiger partial charge on any atom is 0.221 e. The van der Waals surface area contributed by atoms with Crippen LogP contribution in [0.25, 0.3) is 0 Å². The van der Waals surface area contributed by atoms with Crippen molar-refractivity contribution < 1.29 is 4.79 Å². The third kappa shape index (κ3) is 2.53. The Kier molecular flexibility index (Phi) is 2.97. The van der Waals surface area contributed by atoms with Crippen molar-refractivity contribution in [2.45, 2.75) is 13.0 Å². The van der Waals surface area contributed by atoms with E-state index in [4.69, 9.17) is 5.73 Å². The van der Waals surface area contributed by atoms with Crippen molar-refractivity contribution in [1.29, 1.82) is 0 Å². The molecule has 2 rings (SSSR count). The molecule has 1 fully saturated rings. The van der Waals surface area contributed by atoms with Crippen molar-refractivity contribution in [3.05, 3.63) is 30.1 Å². The molecule has 0 saturated carbocycles. The number of nitrogens with zero attached hydrogens (tertiary/aromatic N) is 2. The Bertz CT molecular complexity index is 339. The molecule has 1 unspecified atom stereocenters. The first-order valence-electron chi connectivity index (χ1n) is 5.16. The summed E-state index contributed by atoms with van der Waals surface area (Å²) in [5.41, 5.74) is 6.51. The van der Waals surface area contributed by atoms with Crippen LogP contribution in [0.1, 0.15) is 12.0 Å². The van der Waals surface area contributed by atoms with E-state index in [1.807, 2.05) is 12.1 Å². The minimum Gasteiger partial charge on any atom is -0.369 e. The molecule has 4 nitrogen and oxygen atoms in total. The van der Waals surface area contributed by atoms with E-state index in [1.54, 1.807) is 12.4 Å². The lowest BCUT2D eigenvalue weighted by molar-refractivity contribution is -0.121. The minimum absolute atomic E-state index is 0.0341. The molecule has 0 spiro atoms. The molecule has 1 aliphatic rings. The summed E-state index contributed by atoms with van der Waals surface area (Å²) in [4.78, 5) is 17.2. The van der Waals surface area contributed by atoms with E-state index in [0.29, 0.717) is 0 Å². The number of rotatable bonds is 3. The highest BCUT2D eigenvalue weighted by Crippen LogP contribution is 2.17. The second-order valence-corrected chi connectivity index (χ2v) is 3.98. The molecular formula is C11H15N3O. The van der Waals surface area contributed by atoms with Gasteiger partial charge in [-0.05, 0) is 30.7 Å². The smallest absolute Gasteiger partial charge is 0.221 e. The summed E-state index contributed by atoms with van der Waals surface area (Å²) in [6.07, 6.45) is 4.47. The summed E-state index contributed by atoms with van der Waals surface area (Å²) in [6.45, 7) is 2.62. The number of carbonyl (C=O) groups excluding carboxylic acids is 1. The summed E-state index contributed by atoms with van der Waals surface area (Å²) in [7, 11) is 0. The van der Waals surface area contributed by atoms with E-state index in [-0.39, 0.29) is 11.8 Å². The molecule has 1 aromatic rings. The molecular weight excluding hydrogens is 190 g/mol. The Balaban J connectivity index is 1.90. The predicted molar refractivity (Wildman–Crippen MR) is 56.8 cm³/mol. The predicted octanol–water partition coefficient (Wildman–Crippen LogP) is 0.389. The van der Waals surface area contributed by atoms with Gasteiger partial charge in [0.2, 0.25) is 5.91 Å². The Labute approximate surface area is 89.1 Å². The number of hydrogen-bond acceptors (Lipinski definition) is 3. The van der Waals surface area contributed by atoms with Gasteiger partial charge in [0.05, 0.1) is 5.92 Å². The van der Waals surface area contributed by atoms with Gasteiger partial charge in [-0.1, -0.05) is 0 Å². The topological polar surface area (TPSA) is 59.2 Å². The molecule has 4 heteroatoms. The van der Waals surface area contributed by atoms with Gasteiger partial charge in [-0.3, -0.25) is 14.7 Å². The van der Waals surface area contributed by atoms with Crippen LogP contribution in [-0.2, 0) is 11.3 Å². The van der Waals surface area contributed by atoms with E-state index in [2.05, 4.69) is 9.88 Å². The molecule has 1 atom stereocenters. The Morgan fingerprint density at radius 2 is 2.27 bits per heavy atom. The SMILES string of the molecule is NC(=O)C1CCN(Cc2ccncc2)C1. The van der Waals surface area contributed by atoms with Crippen LogP contribution in [0.3, 0.4) is 0 Å². The molecule has 2 heterocycles. The summed E-state index contributed by atoms with van der Waals surface area (Å²) in [5, 5.41) is 0. The van der Waals surface area contributed by atoms with Crippen LogP contribution >= 0.6 is 0 Å². The average Bonchev–Trinajstić information content (AvgIpc) is 2.68. The van der Waals surface area contributed by atoms with Gasteiger partial charge in [0.1, 0.15) is 0 Å². The molecule has 1 saturated heterocycles. The Morgan fingerprint density at radius 1 is 1.53 bits per heavy atom. The van der Waals surface area contributed by atoms with Gasteiger partial charge in [0.15, 0.2) is 0 Å². The number of primary amides is 1. The van der Waals surface area contributed by atoms with Gasteiger partial charge < -0.3 is 5.73 Å². The zero-order chi connectivity index (χ0) is 10.7.